The molecule has 0 aliphatic heterocycles. The van der Waals surface area contributed by atoms with Crippen LogP contribution in [0.3, 0.4) is 0 Å². The number of carbonyl (C=O) groups excluding carboxylic acids is 1. The maximum absolute atomic E-state index is 12.4. The van der Waals surface area contributed by atoms with Crippen LogP contribution in [0.5, 0.6) is 5.75 Å². The number of nitrogens with zero attached hydrogens (tertiary/aromatic N) is 1. The van der Waals surface area contributed by atoms with Gasteiger partial charge in [-0.25, -0.2) is 0 Å². The number of carbonyl (C=O) groups is 1. The van der Waals surface area contributed by atoms with Crippen LogP contribution in [0, 0.1) is 18.5 Å². The monoisotopic (exact) mass is 529 g/mol. The highest BCUT2D eigenvalue weighted by atomic mass is 127. The van der Waals surface area contributed by atoms with Gasteiger partial charge in [0, 0.05) is 5.56 Å². The Morgan fingerprint density at radius 1 is 1.22 bits per heavy atom. The molecule has 0 aliphatic rings. The van der Waals surface area contributed by atoms with Crippen molar-refractivity contribution in [2.24, 2.45) is 0 Å². The third kappa shape index (κ3) is 4.54. The Morgan fingerprint density at radius 3 is 2.35 bits per heavy atom. The average Bonchev–Trinajstić information content (AvgIpc) is 2.56. The molecule has 2 rings (SSSR count). The van der Waals surface area contributed by atoms with Crippen molar-refractivity contribution in [2.75, 3.05) is 6.61 Å². The Morgan fingerprint density at radius 2 is 1.83 bits per heavy atom. The van der Waals surface area contributed by atoms with Crippen molar-refractivity contribution in [2.45, 2.75) is 6.92 Å². The first-order valence-electron chi connectivity index (χ1n) is 6.90. The second-order valence-corrected chi connectivity index (χ2v) is 6.94. The summed E-state index contributed by atoms with van der Waals surface area (Å²) in [7, 11) is 0. The first-order chi connectivity index (χ1) is 11.1. The Bertz CT molecular complexity index is 769. The largest absolute Gasteiger partial charge is 0.492 e. The normalized spacial score (nSPS) is 11.0. The van der Waals surface area contributed by atoms with Gasteiger partial charge in [-0.2, -0.15) is 5.26 Å². The van der Waals surface area contributed by atoms with Crippen LogP contribution in [-0.4, -0.2) is 12.4 Å². The highest BCUT2D eigenvalue weighted by Gasteiger charge is 2.13. The van der Waals surface area contributed by atoms with Gasteiger partial charge in [-0.15, -0.1) is 0 Å². The van der Waals surface area contributed by atoms with E-state index < -0.39 is 0 Å². The van der Waals surface area contributed by atoms with E-state index in [1.54, 1.807) is 30.3 Å². The molecule has 5 heteroatoms. The van der Waals surface area contributed by atoms with Gasteiger partial charge in [0.1, 0.15) is 17.4 Å². The van der Waals surface area contributed by atoms with Crippen molar-refractivity contribution in [1.29, 1.82) is 5.26 Å². The SMILES string of the molecule is CCOc1c(I)cc(/C=C(\C#N)C(=O)c2ccccc2)cc1I. The fourth-order valence-corrected chi connectivity index (χ4v) is 4.13. The lowest BCUT2D eigenvalue weighted by Gasteiger charge is -2.09. The molecule has 2 aromatic rings. The highest BCUT2D eigenvalue weighted by Crippen LogP contribution is 2.30. The Kier molecular flexibility index (Phi) is 6.59. The molecule has 0 amide bonds. The standard InChI is InChI=1S/C18H13I2NO2/c1-2-23-18-15(19)9-12(10-16(18)20)8-14(11-21)17(22)13-6-4-3-5-7-13/h3-10H,2H2,1H3/b14-8+. The molecule has 0 heterocycles. The van der Waals surface area contributed by atoms with Gasteiger partial charge in [0.15, 0.2) is 0 Å². The predicted octanol–water partition coefficient (Wildman–Crippen LogP) is 5.08. The van der Waals surface area contributed by atoms with Crippen molar-refractivity contribution in [3.05, 3.63) is 66.3 Å². The molecule has 3 nitrogen and oxygen atoms in total. The molecule has 2 aromatic carbocycles. The van der Waals surface area contributed by atoms with Crippen LogP contribution < -0.4 is 4.74 Å². The lowest BCUT2D eigenvalue weighted by Crippen LogP contribution is -2.02. The van der Waals surface area contributed by atoms with Crippen LogP contribution in [0.15, 0.2) is 48.0 Å². The topological polar surface area (TPSA) is 50.1 Å². The number of hydrogen-bond acceptors (Lipinski definition) is 3. The molecule has 0 saturated carbocycles. The molecule has 116 valence electrons. The first-order valence-corrected chi connectivity index (χ1v) is 9.06. The molecule has 0 unspecified atom stereocenters. The van der Waals surface area contributed by atoms with Crippen LogP contribution in [0.2, 0.25) is 0 Å². The number of hydrogen-bond donors (Lipinski definition) is 0. The van der Waals surface area contributed by atoms with E-state index >= 15 is 0 Å². The van der Waals surface area contributed by atoms with Gasteiger partial charge in [-0.1, -0.05) is 30.3 Å². The number of benzene rings is 2. The van der Waals surface area contributed by atoms with Gasteiger partial charge in [-0.05, 0) is 75.9 Å². The van der Waals surface area contributed by atoms with Gasteiger partial charge in [0.2, 0.25) is 5.78 Å². The summed E-state index contributed by atoms with van der Waals surface area (Å²) in [6.45, 7) is 2.53. The van der Waals surface area contributed by atoms with E-state index in [1.165, 1.54) is 0 Å². The van der Waals surface area contributed by atoms with Gasteiger partial charge in [0.25, 0.3) is 0 Å². The second-order valence-electron chi connectivity index (χ2n) is 4.61. The van der Waals surface area contributed by atoms with Crippen LogP contribution in [0.4, 0.5) is 0 Å². The van der Waals surface area contributed by atoms with E-state index in [0.717, 1.165) is 18.5 Å². The average molecular weight is 529 g/mol. The zero-order chi connectivity index (χ0) is 16.8. The molecule has 23 heavy (non-hydrogen) atoms. The van der Waals surface area contributed by atoms with Gasteiger partial charge < -0.3 is 4.74 Å². The lowest BCUT2D eigenvalue weighted by molar-refractivity contribution is 0.104. The highest BCUT2D eigenvalue weighted by molar-refractivity contribution is 14.1. The van der Waals surface area contributed by atoms with Crippen molar-refractivity contribution >= 4 is 57.0 Å². The maximum Gasteiger partial charge on any atom is 0.203 e. The van der Waals surface area contributed by atoms with E-state index in [9.17, 15) is 10.1 Å². The summed E-state index contributed by atoms with van der Waals surface area (Å²) < 4.78 is 7.50. The predicted molar refractivity (Wildman–Crippen MR) is 107 cm³/mol. The zero-order valence-electron chi connectivity index (χ0n) is 12.3. The summed E-state index contributed by atoms with van der Waals surface area (Å²) in [5.41, 5.74) is 1.44. The molecule has 0 bridgehead atoms. The molecule has 0 atom stereocenters. The van der Waals surface area contributed by atoms with Crippen molar-refractivity contribution in [3.8, 4) is 11.8 Å². The Balaban J connectivity index is 2.39. The quantitative estimate of drug-likeness (QED) is 0.235. The van der Waals surface area contributed by atoms with Crippen molar-refractivity contribution in [3.63, 3.8) is 0 Å². The number of halogens is 2. The molecular formula is C18H13I2NO2. The van der Waals surface area contributed by atoms with E-state index in [-0.39, 0.29) is 11.4 Å². The fourth-order valence-electron chi connectivity index (χ4n) is 2.01. The molecule has 0 aliphatic carbocycles. The summed E-state index contributed by atoms with van der Waals surface area (Å²) >= 11 is 4.39. The van der Waals surface area contributed by atoms with E-state index in [0.29, 0.717) is 12.2 Å². The summed E-state index contributed by atoms with van der Waals surface area (Å²) in [6, 6.07) is 14.6. The molecular weight excluding hydrogens is 516 g/mol. The van der Waals surface area contributed by atoms with E-state index in [4.69, 9.17) is 4.74 Å². The Hall–Kier alpha value is -1.40. The fraction of sp³-hybridized carbons (Fsp3) is 0.111. The van der Waals surface area contributed by atoms with E-state index in [2.05, 4.69) is 45.2 Å². The third-order valence-corrected chi connectivity index (χ3v) is 4.62. The smallest absolute Gasteiger partial charge is 0.203 e. The van der Waals surface area contributed by atoms with Gasteiger partial charge in [0.05, 0.1) is 13.7 Å². The van der Waals surface area contributed by atoms with E-state index in [1.807, 2.05) is 31.2 Å². The second kappa shape index (κ2) is 8.45. The minimum absolute atomic E-state index is 0.118. The number of ketones is 1. The summed E-state index contributed by atoms with van der Waals surface area (Å²) in [4.78, 5) is 12.4. The maximum atomic E-state index is 12.4. The molecule has 0 spiro atoms. The molecule has 0 saturated heterocycles. The molecule has 0 radical (unpaired) electrons. The number of allylic oxidation sites excluding steroid dienone is 1. The summed E-state index contributed by atoms with van der Waals surface area (Å²) in [5.74, 6) is 0.561. The van der Waals surface area contributed by atoms with Gasteiger partial charge in [-0.3, -0.25) is 4.79 Å². The molecule has 0 aromatic heterocycles. The first kappa shape index (κ1) is 17.9. The number of rotatable bonds is 5. The number of nitriles is 1. The van der Waals surface area contributed by atoms with Gasteiger partial charge >= 0.3 is 0 Å². The lowest BCUT2D eigenvalue weighted by atomic mass is 10.0. The van der Waals surface area contributed by atoms with Crippen LogP contribution in [0.1, 0.15) is 22.8 Å². The summed E-state index contributed by atoms with van der Waals surface area (Å²) in [5, 5.41) is 9.33. The minimum atomic E-state index is -0.271. The minimum Gasteiger partial charge on any atom is -0.492 e. The van der Waals surface area contributed by atoms with Crippen LogP contribution >= 0.6 is 45.2 Å². The van der Waals surface area contributed by atoms with Crippen LogP contribution in [-0.2, 0) is 0 Å². The Labute approximate surface area is 162 Å². The van der Waals surface area contributed by atoms with Crippen LogP contribution in [0.25, 0.3) is 6.08 Å². The zero-order valence-corrected chi connectivity index (χ0v) is 16.7. The molecule has 0 N–H and O–H groups in total. The molecule has 0 fully saturated rings. The number of ether oxygens (including phenoxy) is 1. The van der Waals surface area contributed by atoms with Crippen molar-refractivity contribution < 1.29 is 9.53 Å². The third-order valence-electron chi connectivity index (χ3n) is 3.02. The van der Waals surface area contributed by atoms with Crippen molar-refractivity contribution in [1.82, 2.24) is 0 Å². The number of Topliss-reactive ketones (excluding diaryl/α,β-unsaturated/α-hetero) is 1. The summed E-state index contributed by atoms with van der Waals surface area (Å²) in [6.07, 6.45) is 1.62.